The summed E-state index contributed by atoms with van der Waals surface area (Å²) < 4.78 is 0. The molecule has 2 N–H and O–H groups in total. The zero-order valence-corrected chi connectivity index (χ0v) is 8.98. The van der Waals surface area contributed by atoms with Crippen LogP contribution in [0.15, 0.2) is 24.3 Å². The summed E-state index contributed by atoms with van der Waals surface area (Å²) in [4.78, 5) is 10.4. The molecule has 1 aliphatic heterocycles. The molecule has 5 heteroatoms. The van der Waals surface area contributed by atoms with Gasteiger partial charge in [-0.2, -0.15) is 0 Å². The number of nitro groups is 1. The molecule has 1 unspecified atom stereocenters. The summed E-state index contributed by atoms with van der Waals surface area (Å²) in [5.41, 5.74) is 0.757. The fraction of sp³-hybridized carbons (Fsp3) is 0.455. The fourth-order valence-corrected chi connectivity index (χ4v) is 1.93. The van der Waals surface area contributed by atoms with Crippen LogP contribution in [0.3, 0.4) is 0 Å². The number of nitrogens with zero attached hydrogens (tertiary/aromatic N) is 1. The maximum atomic E-state index is 10.8. The highest BCUT2D eigenvalue weighted by atomic mass is 16.6. The summed E-state index contributed by atoms with van der Waals surface area (Å²) in [7, 11) is 0. The van der Waals surface area contributed by atoms with Gasteiger partial charge >= 0.3 is 0 Å². The minimum atomic E-state index is -0.352. The molecule has 16 heavy (non-hydrogen) atoms. The quantitative estimate of drug-likeness (QED) is 0.599. The molecular formula is C11H15N3O2. The lowest BCUT2D eigenvalue weighted by molar-refractivity contribution is -0.384. The van der Waals surface area contributed by atoms with Crippen molar-refractivity contribution in [2.24, 2.45) is 5.92 Å². The van der Waals surface area contributed by atoms with Crippen LogP contribution in [0, 0.1) is 16.0 Å². The van der Waals surface area contributed by atoms with Crippen LogP contribution in [0.5, 0.6) is 0 Å². The van der Waals surface area contributed by atoms with Gasteiger partial charge < -0.3 is 10.6 Å². The molecule has 1 fully saturated rings. The molecule has 0 saturated carbocycles. The van der Waals surface area contributed by atoms with Crippen molar-refractivity contribution >= 4 is 11.4 Å². The average Bonchev–Trinajstić information content (AvgIpc) is 2.79. The van der Waals surface area contributed by atoms with Crippen LogP contribution in [0.2, 0.25) is 0 Å². The lowest BCUT2D eigenvalue weighted by atomic mass is 10.1. The van der Waals surface area contributed by atoms with Gasteiger partial charge in [-0.25, -0.2) is 0 Å². The largest absolute Gasteiger partial charge is 0.379 e. The van der Waals surface area contributed by atoms with Gasteiger partial charge in [0.05, 0.1) is 4.92 Å². The predicted molar refractivity (Wildman–Crippen MR) is 62.6 cm³/mol. The first-order valence-electron chi connectivity index (χ1n) is 5.45. The second-order valence-corrected chi connectivity index (χ2v) is 4.01. The number of anilines is 1. The second kappa shape index (κ2) is 4.94. The fourth-order valence-electron chi connectivity index (χ4n) is 1.93. The van der Waals surface area contributed by atoms with E-state index < -0.39 is 0 Å². The molecule has 1 aromatic rings. The smallest absolute Gasteiger partial charge is 0.292 e. The van der Waals surface area contributed by atoms with E-state index in [-0.39, 0.29) is 10.6 Å². The normalized spacial score (nSPS) is 19.6. The first kappa shape index (κ1) is 10.9. The minimum Gasteiger partial charge on any atom is -0.379 e. The molecule has 0 bridgehead atoms. The number of nitrogens with one attached hydrogen (secondary N) is 2. The van der Waals surface area contributed by atoms with Gasteiger partial charge in [0.1, 0.15) is 5.69 Å². The summed E-state index contributed by atoms with van der Waals surface area (Å²) in [6.45, 7) is 2.83. The van der Waals surface area contributed by atoms with Gasteiger partial charge in [0.25, 0.3) is 5.69 Å². The van der Waals surface area contributed by atoms with Crippen molar-refractivity contribution in [3.8, 4) is 0 Å². The van der Waals surface area contributed by atoms with Crippen LogP contribution in [0.1, 0.15) is 6.42 Å². The van der Waals surface area contributed by atoms with Crippen LogP contribution in [-0.2, 0) is 0 Å². The molecule has 1 saturated heterocycles. The second-order valence-electron chi connectivity index (χ2n) is 4.01. The summed E-state index contributed by atoms with van der Waals surface area (Å²) in [6.07, 6.45) is 1.13. The predicted octanol–water partition coefficient (Wildman–Crippen LogP) is 1.62. The summed E-state index contributed by atoms with van der Waals surface area (Å²) in [5, 5.41) is 17.2. The molecule has 0 aromatic heterocycles. The molecule has 0 aliphatic carbocycles. The van der Waals surface area contributed by atoms with Crippen LogP contribution in [0.25, 0.3) is 0 Å². The molecule has 5 nitrogen and oxygen atoms in total. The third-order valence-electron chi connectivity index (χ3n) is 2.84. The molecule has 1 aromatic carbocycles. The topological polar surface area (TPSA) is 67.2 Å². The number of rotatable bonds is 4. The Balaban J connectivity index is 2.00. The zero-order valence-electron chi connectivity index (χ0n) is 8.98. The Morgan fingerprint density at radius 2 is 2.31 bits per heavy atom. The van der Waals surface area contributed by atoms with Crippen molar-refractivity contribution in [1.29, 1.82) is 0 Å². The molecule has 86 valence electrons. The Morgan fingerprint density at radius 1 is 1.50 bits per heavy atom. The van der Waals surface area contributed by atoms with E-state index in [0.29, 0.717) is 11.6 Å². The molecule has 1 heterocycles. The Morgan fingerprint density at radius 3 is 3.00 bits per heavy atom. The van der Waals surface area contributed by atoms with E-state index in [1.54, 1.807) is 12.1 Å². The third-order valence-corrected chi connectivity index (χ3v) is 2.84. The molecule has 1 atom stereocenters. The minimum absolute atomic E-state index is 0.147. The van der Waals surface area contributed by atoms with Gasteiger partial charge in [0.2, 0.25) is 0 Å². The molecule has 2 rings (SSSR count). The lowest BCUT2D eigenvalue weighted by Crippen LogP contribution is -2.17. The maximum Gasteiger partial charge on any atom is 0.292 e. The third kappa shape index (κ3) is 2.49. The van der Waals surface area contributed by atoms with Crippen LogP contribution < -0.4 is 10.6 Å². The number of nitro benzene ring substituents is 1. The highest BCUT2D eigenvalue weighted by molar-refractivity contribution is 5.61. The Bertz CT molecular complexity index is 375. The van der Waals surface area contributed by atoms with Crippen LogP contribution in [0.4, 0.5) is 11.4 Å². The maximum absolute atomic E-state index is 10.8. The van der Waals surface area contributed by atoms with E-state index in [9.17, 15) is 10.1 Å². The first-order valence-corrected chi connectivity index (χ1v) is 5.45. The number of para-hydroxylation sites is 2. The summed E-state index contributed by atoms with van der Waals surface area (Å²) >= 11 is 0. The van der Waals surface area contributed by atoms with Crippen LogP contribution in [-0.4, -0.2) is 24.6 Å². The Hall–Kier alpha value is -1.62. The highest BCUT2D eigenvalue weighted by Gasteiger charge is 2.16. The van der Waals surface area contributed by atoms with Gasteiger partial charge in [-0.3, -0.25) is 10.1 Å². The van der Waals surface area contributed by atoms with Crippen LogP contribution >= 0.6 is 0 Å². The molecule has 0 spiro atoms. The van der Waals surface area contributed by atoms with Gasteiger partial charge in [-0.1, -0.05) is 12.1 Å². The first-order chi connectivity index (χ1) is 7.77. The van der Waals surface area contributed by atoms with Gasteiger partial charge in [0, 0.05) is 12.6 Å². The molecule has 0 amide bonds. The molecule has 1 aliphatic rings. The van der Waals surface area contributed by atoms with Crippen molar-refractivity contribution in [2.75, 3.05) is 25.0 Å². The van der Waals surface area contributed by atoms with E-state index in [1.165, 1.54) is 6.07 Å². The zero-order chi connectivity index (χ0) is 11.4. The van der Waals surface area contributed by atoms with Crippen molar-refractivity contribution in [2.45, 2.75) is 6.42 Å². The van der Waals surface area contributed by atoms with Crippen molar-refractivity contribution in [3.05, 3.63) is 34.4 Å². The van der Waals surface area contributed by atoms with Gasteiger partial charge in [-0.05, 0) is 31.5 Å². The summed E-state index contributed by atoms with van der Waals surface area (Å²) in [5.74, 6) is 0.569. The standard InChI is InChI=1S/C11H15N3O2/c15-14(16)11-4-2-1-3-10(11)13-8-9-5-6-12-7-9/h1-4,9,12-13H,5-8H2. The van der Waals surface area contributed by atoms with E-state index >= 15 is 0 Å². The molecule has 0 radical (unpaired) electrons. The van der Waals surface area contributed by atoms with E-state index in [1.807, 2.05) is 6.07 Å². The van der Waals surface area contributed by atoms with Crippen molar-refractivity contribution in [3.63, 3.8) is 0 Å². The lowest BCUT2D eigenvalue weighted by Gasteiger charge is -2.11. The van der Waals surface area contributed by atoms with E-state index in [4.69, 9.17) is 0 Å². The Kier molecular flexibility index (Phi) is 3.36. The number of hydrogen-bond acceptors (Lipinski definition) is 4. The summed E-state index contributed by atoms with van der Waals surface area (Å²) in [6, 6.07) is 6.76. The van der Waals surface area contributed by atoms with Crippen molar-refractivity contribution in [1.82, 2.24) is 5.32 Å². The van der Waals surface area contributed by atoms with Gasteiger partial charge in [-0.15, -0.1) is 0 Å². The Labute approximate surface area is 94.0 Å². The molecular weight excluding hydrogens is 206 g/mol. The van der Waals surface area contributed by atoms with Gasteiger partial charge in [0.15, 0.2) is 0 Å². The van der Waals surface area contributed by atoms with E-state index in [2.05, 4.69) is 10.6 Å². The highest BCUT2D eigenvalue weighted by Crippen LogP contribution is 2.23. The van der Waals surface area contributed by atoms with E-state index in [0.717, 1.165) is 26.1 Å². The average molecular weight is 221 g/mol. The monoisotopic (exact) mass is 221 g/mol. The van der Waals surface area contributed by atoms with Crippen molar-refractivity contribution < 1.29 is 4.92 Å². The SMILES string of the molecule is O=[N+]([O-])c1ccccc1NCC1CCNC1. The number of hydrogen-bond donors (Lipinski definition) is 2. The number of benzene rings is 1.